The number of urea groups is 1. The van der Waals surface area contributed by atoms with E-state index in [0.717, 1.165) is 5.56 Å². The summed E-state index contributed by atoms with van der Waals surface area (Å²) >= 11 is 5.91. The zero-order valence-electron chi connectivity index (χ0n) is 13.1. The predicted molar refractivity (Wildman–Crippen MR) is 91.3 cm³/mol. The summed E-state index contributed by atoms with van der Waals surface area (Å²) in [5.41, 5.74) is 0.962. The quantitative estimate of drug-likeness (QED) is 0.871. The second kappa shape index (κ2) is 8.42. The van der Waals surface area contributed by atoms with Crippen LogP contribution < -0.4 is 10.6 Å². The van der Waals surface area contributed by atoms with Crippen LogP contribution in [0.25, 0.3) is 0 Å². The number of anilines is 1. The first-order chi connectivity index (χ1) is 11.4. The monoisotopic (exact) mass is 349 g/mol. The summed E-state index contributed by atoms with van der Waals surface area (Å²) in [6.45, 7) is 0.514. The van der Waals surface area contributed by atoms with Crippen LogP contribution in [0.2, 0.25) is 5.02 Å². The van der Waals surface area contributed by atoms with Gasteiger partial charge in [-0.1, -0.05) is 35.9 Å². The van der Waals surface area contributed by atoms with Crippen molar-refractivity contribution >= 4 is 29.2 Å². The number of amides is 3. The van der Waals surface area contributed by atoms with E-state index in [9.17, 15) is 14.0 Å². The van der Waals surface area contributed by atoms with Crippen molar-refractivity contribution in [3.05, 3.63) is 64.9 Å². The molecule has 0 spiro atoms. The number of halogens is 2. The van der Waals surface area contributed by atoms with Gasteiger partial charge in [0.25, 0.3) is 0 Å². The number of likely N-dealkylation sites (N-methyl/N-ethyl adjacent to an activating group) is 1. The van der Waals surface area contributed by atoms with E-state index in [-0.39, 0.29) is 12.2 Å². The predicted octanol–water partition coefficient (Wildman–Crippen LogP) is 3.26. The Balaban J connectivity index is 1.81. The summed E-state index contributed by atoms with van der Waals surface area (Å²) in [5, 5.41) is 5.07. The van der Waals surface area contributed by atoms with E-state index in [2.05, 4.69) is 10.6 Å². The fraction of sp³-hybridized carbons (Fsp3) is 0.176. The first-order valence-corrected chi connectivity index (χ1v) is 7.60. The van der Waals surface area contributed by atoms with Crippen molar-refractivity contribution in [3.63, 3.8) is 0 Å². The maximum Gasteiger partial charge on any atom is 0.326 e. The Morgan fingerprint density at radius 2 is 1.92 bits per heavy atom. The van der Waals surface area contributed by atoms with E-state index in [1.807, 2.05) is 12.1 Å². The molecule has 0 aliphatic heterocycles. The normalized spacial score (nSPS) is 10.5. The summed E-state index contributed by atoms with van der Waals surface area (Å²) in [5.74, 6) is -1.06. The first-order valence-electron chi connectivity index (χ1n) is 7.22. The van der Waals surface area contributed by atoms with Gasteiger partial charge in [0.05, 0.1) is 12.2 Å². The first kappa shape index (κ1) is 17.9. The molecule has 0 bridgehead atoms. The number of carbonyl (C=O) groups is 2. The summed E-state index contributed by atoms with van der Waals surface area (Å²) < 4.78 is 13.4. The number of imide groups is 1. The highest BCUT2D eigenvalue weighted by atomic mass is 35.5. The molecule has 2 rings (SSSR count). The topological polar surface area (TPSA) is 61.4 Å². The molecular formula is C17H17ClFN3O2. The molecule has 0 aromatic heterocycles. The molecule has 3 amide bonds. The lowest BCUT2D eigenvalue weighted by molar-refractivity contribution is -0.120. The number of hydrogen-bond donors (Lipinski definition) is 2. The number of benzene rings is 2. The lowest BCUT2D eigenvalue weighted by Gasteiger charge is -2.16. The van der Waals surface area contributed by atoms with E-state index in [1.165, 1.54) is 18.2 Å². The Morgan fingerprint density at radius 3 is 2.62 bits per heavy atom. The van der Waals surface area contributed by atoms with Gasteiger partial charge in [-0.25, -0.2) is 9.18 Å². The van der Waals surface area contributed by atoms with Crippen LogP contribution in [0.3, 0.4) is 0 Å². The van der Waals surface area contributed by atoms with Crippen molar-refractivity contribution in [2.75, 3.05) is 18.9 Å². The molecule has 0 atom stereocenters. The highest BCUT2D eigenvalue weighted by molar-refractivity contribution is 6.30. The molecule has 2 aromatic rings. The van der Waals surface area contributed by atoms with Gasteiger partial charge < -0.3 is 5.32 Å². The average molecular weight is 350 g/mol. The molecule has 0 unspecified atom stereocenters. The number of carbonyl (C=O) groups excluding carboxylic acids is 2. The van der Waals surface area contributed by atoms with Gasteiger partial charge >= 0.3 is 6.03 Å². The van der Waals surface area contributed by atoms with Gasteiger partial charge in [-0.15, -0.1) is 0 Å². The number of nitrogens with zero attached hydrogens (tertiary/aromatic N) is 1. The van der Waals surface area contributed by atoms with Crippen LogP contribution in [0.1, 0.15) is 5.56 Å². The van der Waals surface area contributed by atoms with Gasteiger partial charge in [-0.3, -0.25) is 15.0 Å². The van der Waals surface area contributed by atoms with Crippen LogP contribution in [-0.2, 0) is 11.3 Å². The highest BCUT2D eigenvalue weighted by Gasteiger charge is 2.12. The molecule has 0 radical (unpaired) electrons. The van der Waals surface area contributed by atoms with Gasteiger partial charge in [0.15, 0.2) is 0 Å². The van der Waals surface area contributed by atoms with Gasteiger partial charge in [0.1, 0.15) is 5.82 Å². The van der Waals surface area contributed by atoms with E-state index in [1.54, 1.807) is 30.1 Å². The summed E-state index contributed by atoms with van der Waals surface area (Å²) in [7, 11) is 1.75. The van der Waals surface area contributed by atoms with Crippen LogP contribution in [0.15, 0.2) is 48.5 Å². The van der Waals surface area contributed by atoms with Crippen molar-refractivity contribution in [3.8, 4) is 0 Å². The number of para-hydroxylation sites is 1. The second-order valence-electron chi connectivity index (χ2n) is 5.28. The third kappa shape index (κ3) is 5.64. The summed E-state index contributed by atoms with van der Waals surface area (Å²) in [4.78, 5) is 25.3. The lowest BCUT2D eigenvalue weighted by atomic mass is 10.2. The van der Waals surface area contributed by atoms with Gasteiger partial charge in [0.2, 0.25) is 5.91 Å². The minimum absolute atomic E-state index is 0.00934. The Bertz CT molecular complexity index is 739. The minimum atomic E-state index is -0.777. The lowest BCUT2D eigenvalue weighted by Crippen LogP contribution is -2.40. The molecule has 0 aliphatic carbocycles. The molecule has 5 nitrogen and oxygen atoms in total. The van der Waals surface area contributed by atoms with Crippen molar-refractivity contribution in [2.24, 2.45) is 0 Å². The van der Waals surface area contributed by atoms with Gasteiger partial charge in [-0.05, 0) is 36.9 Å². The smallest absolute Gasteiger partial charge is 0.305 e. The molecule has 0 heterocycles. The largest absolute Gasteiger partial charge is 0.326 e. The third-order valence-electron chi connectivity index (χ3n) is 3.13. The molecule has 0 aliphatic rings. The summed E-state index contributed by atoms with van der Waals surface area (Å²) in [6, 6.07) is 12.2. The number of nitrogens with one attached hydrogen (secondary N) is 2. The molecule has 0 saturated carbocycles. The Labute approximate surface area is 144 Å². The third-order valence-corrected chi connectivity index (χ3v) is 3.37. The Hall–Kier alpha value is -2.44. The molecule has 0 saturated heterocycles. The van der Waals surface area contributed by atoms with Crippen LogP contribution >= 0.6 is 11.6 Å². The van der Waals surface area contributed by atoms with E-state index in [0.29, 0.717) is 11.6 Å². The minimum Gasteiger partial charge on any atom is -0.305 e. The van der Waals surface area contributed by atoms with Crippen molar-refractivity contribution in [2.45, 2.75) is 6.54 Å². The summed E-state index contributed by atoms with van der Waals surface area (Å²) in [6.07, 6.45) is 0. The molecule has 126 valence electrons. The van der Waals surface area contributed by atoms with Crippen molar-refractivity contribution < 1.29 is 14.0 Å². The maximum absolute atomic E-state index is 13.4. The maximum atomic E-state index is 13.4. The van der Waals surface area contributed by atoms with Gasteiger partial charge in [0, 0.05) is 11.6 Å². The van der Waals surface area contributed by atoms with Crippen molar-refractivity contribution in [1.82, 2.24) is 10.2 Å². The molecule has 24 heavy (non-hydrogen) atoms. The van der Waals surface area contributed by atoms with Crippen LogP contribution in [-0.4, -0.2) is 30.4 Å². The molecule has 7 heteroatoms. The SMILES string of the molecule is CN(CC(=O)NC(=O)Nc1ccccc1F)Cc1cccc(Cl)c1. The van der Waals surface area contributed by atoms with Crippen molar-refractivity contribution in [1.29, 1.82) is 0 Å². The molecular weight excluding hydrogens is 333 g/mol. The Morgan fingerprint density at radius 1 is 1.17 bits per heavy atom. The fourth-order valence-electron chi connectivity index (χ4n) is 2.13. The standard InChI is InChI=1S/C17H17ClFN3O2/c1-22(10-12-5-4-6-13(18)9-12)11-16(23)21-17(24)20-15-8-3-2-7-14(15)19/h2-9H,10-11H2,1H3,(H2,20,21,23,24). The van der Waals surface area contributed by atoms with E-state index < -0.39 is 17.8 Å². The van der Waals surface area contributed by atoms with Crippen LogP contribution in [0, 0.1) is 5.82 Å². The Kier molecular flexibility index (Phi) is 6.28. The molecule has 2 aromatic carbocycles. The molecule has 2 N–H and O–H groups in total. The number of rotatable bonds is 5. The highest BCUT2D eigenvalue weighted by Crippen LogP contribution is 2.13. The van der Waals surface area contributed by atoms with Crippen LogP contribution in [0.5, 0.6) is 0 Å². The zero-order chi connectivity index (χ0) is 17.5. The van der Waals surface area contributed by atoms with E-state index >= 15 is 0 Å². The van der Waals surface area contributed by atoms with Gasteiger partial charge in [-0.2, -0.15) is 0 Å². The van der Waals surface area contributed by atoms with E-state index in [4.69, 9.17) is 11.6 Å². The van der Waals surface area contributed by atoms with Crippen LogP contribution in [0.4, 0.5) is 14.9 Å². The number of hydrogen-bond acceptors (Lipinski definition) is 3. The zero-order valence-corrected chi connectivity index (χ0v) is 13.8. The average Bonchev–Trinajstić information content (AvgIpc) is 2.49. The molecule has 0 fully saturated rings. The fourth-order valence-corrected chi connectivity index (χ4v) is 2.34. The second-order valence-corrected chi connectivity index (χ2v) is 5.72.